The predicted molar refractivity (Wildman–Crippen MR) is 94.7 cm³/mol. The number of fused-ring (bicyclic) bond motifs is 1. The number of rotatable bonds is 5. The second kappa shape index (κ2) is 6.79. The lowest BCUT2D eigenvalue weighted by atomic mass is 10.3. The van der Waals surface area contributed by atoms with E-state index in [4.69, 9.17) is 0 Å². The minimum absolute atomic E-state index is 0.185. The lowest BCUT2D eigenvalue weighted by molar-refractivity contribution is -0.116. The van der Waals surface area contributed by atoms with E-state index in [1.807, 2.05) is 37.3 Å². The molecule has 8 heteroatoms. The maximum Gasteiger partial charge on any atom is 0.275 e. The van der Waals surface area contributed by atoms with Gasteiger partial charge in [0, 0.05) is 17.4 Å². The number of carbonyl (C=O) groups is 1. The Morgan fingerprint density at radius 3 is 2.79 bits per heavy atom. The summed E-state index contributed by atoms with van der Waals surface area (Å²) in [7, 11) is 0. The number of anilines is 2. The van der Waals surface area contributed by atoms with Gasteiger partial charge in [-0.3, -0.25) is 9.59 Å². The molecule has 0 aliphatic carbocycles. The van der Waals surface area contributed by atoms with Crippen LogP contribution in [0, 0.1) is 0 Å². The van der Waals surface area contributed by atoms with Crippen molar-refractivity contribution in [2.75, 3.05) is 10.6 Å². The van der Waals surface area contributed by atoms with E-state index in [0.29, 0.717) is 16.5 Å². The molecule has 3 rings (SSSR count). The maximum atomic E-state index is 12.2. The number of carbonyl (C=O) groups excluding carboxylic acids is 1. The van der Waals surface area contributed by atoms with Gasteiger partial charge in [0.2, 0.25) is 16.0 Å². The zero-order chi connectivity index (χ0) is 17.1. The number of benzene rings is 1. The monoisotopic (exact) mass is 343 g/mol. The van der Waals surface area contributed by atoms with E-state index >= 15 is 0 Å². The first kappa shape index (κ1) is 16.1. The van der Waals surface area contributed by atoms with E-state index in [1.165, 1.54) is 21.9 Å². The molecule has 2 N–H and O–H groups in total. The molecule has 124 valence electrons. The van der Waals surface area contributed by atoms with Crippen molar-refractivity contribution in [2.45, 2.75) is 26.3 Å². The Balaban J connectivity index is 1.75. The molecule has 0 spiro atoms. The third kappa shape index (κ3) is 3.43. The molecular formula is C16H17N5O2S. The Hall–Kier alpha value is -2.74. The third-order valence-corrected chi connectivity index (χ3v) is 4.27. The molecule has 1 aromatic carbocycles. The van der Waals surface area contributed by atoms with Crippen LogP contribution in [0.25, 0.3) is 4.96 Å². The van der Waals surface area contributed by atoms with Crippen LogP contribution >= 0.6 is 11.3 Å². The summed E-state index contributed by atoms with van der Waals surface area (Å²) in [5.41, 5.74) is 1.23. The average Bonchev–Trinajstić information content (AvgIpc) is 2.98. The van der Waals surface area contributed by atoms with Crippen molar-refractivity contribution >= 4 is 33.0 Å². The number of nitrogens with one attached hydrogen (secondary N) is 2. The van der Waals surface area contributed by atoms with Crippen LogP contribution in [0.5, 0.6) is 0 Å². The van der Waals surface area contributed by atoms with Gasteiger partial charge in [-0.05, 0) is 25.5 Å². The summed E-state index contributed by atoms with van der Waals surface area (Å²) >= 11 is 1.24. The fourth-order valence-corrected chi connectivity index (χ4v) is 3.03. The van der Waals surface area contributed by atoms with Crippen molar-refractivity contribution in [1.29, 1.82) is 0 Å². The van der Waals surface area contributed by atoms with Gasteiger partial charge in [0.1, 0.15) is 6.04 Å². The molecule has 0 radical (unpaired) electrons. The van der Waals surface area contributed by atoms with Gasteiger partial charge in [-0.2, -0.15) is 4.52 Å². The van der Waals surface area contributed by atoms with Crippen LogP contribution < -0.4 is 16.2 Å². The number of para-hydroxylation sites is 1. The van der Waals surface area contributed by atoms with Crippen molar-refractivity contribution in [2.24, 2.45) is 0 Å². The van der Waals surface area contributed by atoms with Crippen LogP contribution in [0.15, 0.2) is 41.2 Å². The molecule has 0 aliphatic rings. The SMILES string of the molecule is CCc1cc(=O)n2nc(NC(C)C(=O)Nc3ccccc3)sc2n1. The van der Waals surface area contributed by atoms with Gasteiger partial charge in [-0.15, -0.1) is 5.10 Å². The zero-order valence-electron chi connectivity index (χ0n) is 13.3. The molecule has 0 bridgehead atoms. The molecule has 0 fully saturated rings. The third-order valence-electron chi connectivity index (χ3n) is 3.43. The van der Waals surface area contributed by atoms with Crippen LogP contribution in [0.3, 0.4) is 0 Å². The number of hydrogen-bond acceptors (Lipinski definition) is 6. The second-order valence-electron chi connectivity index (χ2n) is 5.26. The number of nitrogens with zero attached hydrogens (tertiary/aromatic N) is 3. The van der Waals surface area contributed by atoms with Crippen LogP contribution in [0.4, 0.5) is 10.8 Å². The maximum absolute atomic E-state index is 12.2. The predicted octanol–water partition coefficient (Wildman–Crippen LogP) is 2.15. The Morgan fingerprint density at radius 1 is 1.33 bits per heavy atom. The largest absolute Gasteiger partial charge is 0.349 e. The van der Waals surface area contributed by atoms with Gasteiger partial charge in [-0.25, -0.2) is 4.98 Å². The molecule has 1 amide bonds. The molecule has 1 unspecified atom stereocenters. The van der Waals surface area contributed by atoms with Gasteiger partial charge >= 0.3 is 0 Å². The van der Waals surface area contributed by atoms with Crippen molar-refractivity contribution < 1.29 is 4.79 Å². The second-order valence-corrected chi connectivity index (χ2v) is 6.22. The molecule has 0 aliphatic heterocycles. The Labute approximate surface area is 142 Å². The number of amides is 1. The van der Waals surface area contributed by atoms with Crippen LogP contribution in [-0.2, 0) is 11.2 Å². The quantitative estimate of drug-likeness (QED) is 0.741. The summed E-state index contributed by atoms with van der Waals surface area (Å²) < 4.78 is 1.24. The molecule has 2 aromatic heterocycles. The van der Waals surface area contributed by atoms with Gasteiger partial charge < -0.3 is 10.6 Å². The molecular weight excluding hydrogens is 326 g/mol. The highest BCUT2D eigenvalue weighted by Gasteiger charge is 2.16. The van der Waals surface area contributed by atoms with Gasteiger partial charge in [0.15, 0.2) is 0 Å². The number of hydrogen-bond donors (Lipinski definition) is 2. The summed E-state index contributed by atoms with van der Waals surface area (Å²) in [5, 5.41) is 10.5. The lowest BCUT2D eigenvalue weighted by Crippen LogP contribution is -2.31. The van der Waals surface area contributed by atoms with E-state index in [-0.39, 0.29) is 11.5 Å². The van der Waals surface area contributed by atoms with E-state index in [2.05, 4.69) is 20.7 Å². The van der Waals surface area contributed by atoms with Crippen molar-refractivity contribution in [1.82, 2.24) is 14.6 Å². The topological polar surface area (TPSA) is 88.4 Å². The highest BCUT2D eigenvalue weighted by molar-refractivity contribution is 7.20. The molecule has 1 atom stereocenters. The van der Waals surface area contributed by atoms with Crippen LogP contribution in [0.2, 0.25) is 0 Å². The van der Waals surface area contributed by atoms with Gasteiger partial charge in [0.05, 0.1) is 0 Å². The normalized spacial score (nSPS) is 12.1. The highest BCUT2D eigenvalue weighted by Crippen LogP contribution is 2.18. The molecule has 24 heavy (non-hydrogen) atoms. The van der Waals surface area contributed by atoms with Gasteiger partial charge in [-0.1, -0.05) is 36.5 Å². The van der Waals surface area contributed by atoms with Gasteiger partial charge in [0.25, 0.3) is 5.56 Å². The molecule has 0 saturated heterocycles. The summed E-state index contributed by atoms with van der Waals surface area (Å²) in [6, 6.07) is 10.2. The lowest BCUT2D eigenvalue weighted by Gasteiger charge is -2.12. The minimum atomic E-state index is -0.507. The molecule has 2 heterocycles. The molecule has 3 aromatic rings. The fourth-order valence-electron chi connectivity index (χ4n) is 2.12. The van der Waals surface area contributed by atoms with Crippen molar-refractivity contribution in [3.05, 3.63) is 52.4 Å². The minimum Gasteiger partial charge on any atom is -0.349 e. The van der Waals surface area contributed by atoms with Crippen LogP contribution in [0.1, 0.15) is 19.5 Å². The molecule has 7 nitrogen and oxygen atoms in total. The first-order valence-electron chi connectivity index (χ1n) is 7.59. The number of aromatic nitrogens is 3. The fraction of sp³-hybridized carbons (Fsp3) is 0.250. The first-order valence-corrected chi connectivity index (χ1v) is 8.40. The zero-order valence-corrected chi connectivity index (χ0v) is 14.1. The van der Waals surface area contributed by atoms with Crippen molar-refractivity contribution in [3.63, 3.8) is 0 Å². The number of aryl methyl sites for hydroxylation is 1. The summed E-state index contributed by atoms with van der Waals surface area (Å²) in [6.45, 7) is 3.67. The smallest absolute Gasteiger partial charge is 0.275 e. The summed E-state index contributed by atoms with van der Waals surface area (Å²) in [5.74, 6) is -0.185. The van der Waals surface area contributed by atoms with E-state index in [0.717, 1.165) is 11.4 Å². The van der Waals surface area contributed by atoms with Crippen molar-refractivity contribution in [3.8, 4) is 0 Å². The standard InChI is InChI=1S/C16H17N5O2S/c1-3-11-9-13(22)21-16(19-11)24-15(20-21)17-10(2)14(23)18-12-7-5-4-6-8-12/h4-10H,3H2,1-2H3,(H,17,20)(H,18,23). The highest BCUT2D eigenvalue weighted by atomic mass is 32.1. The van der Waals surface area contributed by atoms with E-state index in [1.54, 1.807) is 6.92 Å². The summed E-state index contributed by atoms with van der Waals surface area (Å²) in [4.78, 5) is 29.1. The average molecular weight is 343 g/mol. The molecule has 0 saturated carbocycles. The Bertz CT molecular complexity index is 919. The Kier molecular flexibility index (Phi) is 4.57. The first-order chi connectivity index (χ1) is 11.6. The van der Waals surface area contributed by atoms with E-state index in [9.17, 15) is 9.59 Å². The summed E-state index contributed by atoms with van der Waals surface area (Å²) in [6.07, 6.45) is 0.683. The Morgan fingerprint density at radius 2 is 2.08 bits per heavy atom. The van der Waals surface area contributed by atoms with Crippen LogP contribution in [-0.4, -0.2) is 26.5 Å². The van der Waals surface area contributed by atoms with E-state index < -0.39 is 6.04 Å².